The quantitative estimate of drug-likeness (QED) is 0.753. The molecule has 2 unspecified atom stereocenters. The van der Waals surface area contributed by atoms with Crippen LogP contribution in [0.2, 0.25) is 0 Å². The average Bonchev–Trinajstić information content (AvgIpc) is 3.03. The van der Waals surface area contributed by atoms with Crippen LogP contribution >= 0.6 is 0 Å². The molecule has 1 saturated heterocycles. The minimum atomic E-state index is -0.0832. The van der Waals surface area contributed by atoms with Crippen molar-refractivity contribution in [3.8, 4) is 0 Å². The van der Waals surface area contributed by atoms with Crippen molar-refractivity contribution in [3.05, 3.63) is 30.1 Å². The molecule has 3 rings (SSSR count). The lowest BCUT2D eigenvalue weighted by atomic mass is 9.84. The Hall–Kier alpha value is -1.88. The number of carbonyl (C=O) groups excluding carboxylic acids is 1. The molecular formula is C20H30N4O. The molecule has 2 aromatic rings. The number of rotatable bonds is 6. The molecule has 0 radical (unpaired) electrons. The number of hydrogen-bond donors (Lipinski definition) is 3. The van der Waals surface area contributed by atoms with E-state index in [1.807, 2.05) is 24.3 Å². The first-order valence-electron chi connectivity index (χ1n) is 9.49. The van der Waals surface area contributed by atoms with Crippen LogP contribution in [-0.4, -0.2) is 29.0 Å². The Kier molecular flexibility index (Phi) is 5.74. The molecule has 25 heavy (non-hydrogen) atoms. The third-order valence-electron chi connectivity index (χ3n) is 5.38. The second-order valence-corrected chi connectivity index (χ2v) is 7.70. The van der Waals surface area contributed by atoms with Crippen molar-refractivity contribution in [2.45, 2.75) is 46.1 Å². The molecule has 0 bridgehead atoms. The normalized spacial score (nSPS) is 18.4. The van der Waals surface area contributed by atoms with Gasteiger partial charge in [0.05, 0.1) is 17.1 Å². The van der Waals surface area contributed by atoms with Crippen molar-refractivity contribution in [1.82, 2.24) is 20.6 Å². The van der Waals surface area contributed by atoms with Gasteiger partial charge in [-0.05, 0) is 55.8 Å². The Morgan fingerprint density at radius 2 is 1.96 bits per heavy atom. The van der Waals surface area contributed by atoms with Gasteiger partial charge < -0.3 is 15.6 Å². The number of aromatic nitrogens is 2. The first kappa shape index (κ1) is 17.9. The SMILES string of the molecule is CC(C)C(NC(=O)CC(C)C1CCNCC1)c1nc2ccccc2[nH]1. The summed E-state index contributed by atoms with van der Waals surface area (Å²) in [6, 6.07) is 7.91. The highest BCUT2D eigenvalue weighted by Gasteiger charge is 2.25. The van der Waals surface area contributed by atoms with E-state index in [1.54, 1.807) is 0 Å². The summed E-state index contributed by atoms with van der Waals surface area (Å²) in [5, 5.41) is 6.61. The van der Waals surface area contributed by atoms with Gasteiger partial charge >= 0.3 is 0 Å². The third-order valence-corrected chi connectivity index (χ3v) is 5.38. The summed E-state index contributed by atoms with van der Waals surface area (Å²) in [5.74, 6) is 2.32. The second kappa shape index (κ2) is 8.00. The number of fused-ring (bicyclic) bond motifs is 1. The maximum atomic E-state index is 12.6. The number of aromatic amines is 1. The van der Waals surface area contributed by atoms with Gasteiger partial charge in [-0.1, -0.05) is 32.9 Å². The summed E-state index contributed by atoms with van der Waals surface area (Å²) >= 11 is 0. The van der Waals surface area contributed by atoms with E-state index >= 15 is 0 Å². The Morgan fingerprint density at radius 1 is 1.24 bits per heavy atom. The molecule has 136 valence electrons. The zero-order chi connectivity index (χ0) is 17.8. The number of nitrogens with zero attached hydrogens (tertiary/aromatic N) is 1. The average molecular weight is 342 g/mol. The van der Waals surface area contributed by atoms with E-state index in [4.69, 9.17) is 0 Å². The Balaban J connectivity index is 1.65. The molecule has 0 spiro atoms. The Bertz CT molecular complexity index is 670. The maximum Gasteiger partial charge on any atom is 0.220 e. The van der Waals surface area contributed by atoms with E-state index in [2.05, 4.69) is 41.4 Å². The number of carbonyl (C=O) groups is 1. The van der Waals surface area contributed by atoms with E-state index in [0.29, 0.717) is 18.3 Å². The molecule has 0 saturated carbocycles. The van der Waals surface area contributed by atoms with Crippen LogP contribution in [0.15, 0.2) is 24.3 Å². The molecule has 1 amide bonds. The fourth-order valence-electron chi connectivity index (χ4n) is 3.78. The first-order valence-corrected chi connectivity index (χ1v) is 9.49. The van der Waals surface area contributed by atoms with Crippen LogP contribution in [0.3, 0.4) is 0 Å². The zero-order valence-electron chi connectivity index (χ0n) is 15.5. The molecule has 5 nitrogen and oxygen atoms in total. The standard InChI is InChI=1S/C20H30N4O/c1-13(2)19(20-22-16-6-4-5-7-17(16)23-20)24-18(25)12-14(3)15-8-10-21-11-9-15/h4-7,13-15,19,21H,8-12H2,1-3H3,(H,22,23)(H,24,25). The monoisotopic (exact) mass is 342 g/mol. The summed E-state index contributed by atoms with van der Waals surface area (Å²) in [6.07, 6.45) is 2.94. The largest absolute Gasteiger partial charge is 0.346 e. The summed E-state index contributed by atoms with van der Waals surface area (Å²) in [7, 11) is 0. The molecule has 1 aromatic heterocycles. The number of para-hydroxylation sites is 2. The molecule has 2 atom stereocenters. The van der Waals surface area contributed by atoms with E-state index in [1.165, 1.54) is 12.8 Å². The van der Waals surface area contributed by atoms with Gasteiger partial charge in [0.15, 0.2) is 0 Å². The van der Waals surface area contributed by atoms with Crippen molar-refractivity contribution in [1.29, 1.82) is 0 Å². The lowest BCUT2D eigenvalue weighted by molar-refractivity contribution is -0.123. The molecule has 1 aliphatic heterocycles. The summed E-state index contributed by atoms with van der Waals surface area (Å²) in [5.41, 5.74) is 1.96. The smallest absolute Gasteiger partial charge is 0.220 e. The fourth-order valence-corrected chi connectivity index (χ4v) is 3.78. The number of piperidine rings is 1. The fraction of sp³-hybridized carbons (Fsp3) is 0.600. The number of benzene rings is 1. The molecule has 1 fully saturated rings. The van der Waals surface area contributed by atoms with E-state index in [0.717, 1.165) is 29.9 Å². The number of nitrogens with one attached hydrogen (secondary N) is 3. The van der Waals surface area contributed by atoms with Gasteiger partial charge in [0.2, 0.25) is 5.91 Å². The van der Waals surface area contributed by atoms with Crippen molar-refractivity contribution < 1.29 is 4.79 Å². The molecule has 3 N–H and O–H groups in total. The highest BCUT2D eigenvalue weighted by Crippen LogP contribution is 2.26. The molecule has 1 aromatic carbocycles. The topological polar surface area (TPSA) is 69.8 Å². The first-order chi connectivity index (χ1) is 12.0. The van der Waals surface area contributed by atoms with Gasteiger partial charge in [0, 0.05) is 6.42 Å². The van der Waals surface area contributed by atoms with E-state index < -0.39 is 0 Å². The summed E-state index contributed by atoms with van der Waals surface area (Å²) < 4.78 is 0. The van der Waals surface area contributed by atoms with Gasteiger partial charge in [0.1, 0.15) is 5.82 Å². The number of hydrogen-bond acceptors (Lipinski definition) is 3. The van der Waals surface area contributed by atoms with Gasteiger partial charge in [-0.15, -0.1) is 0 Å². The molecule has 0 aliphatic carbocycles. The predicted octanol–water partition coefficient (Wildman–Crippen LogP) is 3.40. The van der Waals surface area contributed by atoms with Gasteiger partial charge in [0.25, 0.3) is 0 Å². The maximum absolute atomic E-state index is 12.6. The summed E-state index contributed by atoms with van der Waals surface area (Å²) in [6.45, 7) is 8.60. The Labute approximate surface area is 150 Å². The molecule has 5 heteroatoms. The van der Waals surface area contributed by atoms with Gasteiger partial charge in [-0.25, -0.2) is 4.98 Å². The lowest BCUT2D eigenvalue weighted by Gasteiger charge is -2.28. The highest BCUT2D eigenvalue weighted by molar-refractivity contribution is 5.77. The lowest BCUT2D eigenvalue weighted by Crippen LogP contribution is -2.36. The second-order valence-electron chi connectivity index (χ2n) is 7.70. The Morgan fingerprint density at radius 3 is 2.64 bits per heavy atom. The zero-order valence-corrected chi connectivity index (χ0v) is 15.5. The van der Waals surface area contributed by atoms with Gasteiger partial charge in [-0.3, -0.25) is 4.79 Å². The van der Waals surface area contributed by atoms with Crippen LogP contribution in [0.5, 0.6) is 0 Å². The van der Waals surface area contributed by atoms with Gasteiger partial charge in [-0.2, -0.15) is 0 Å². The third kappa shape index (κ3) is 4.40. The minimum Gasteiger partial charge on any atom is -0.346 e. The van der Waals surface area contributed by atoms with Crippen molar-refractivity contribution >= 4 is 16.9 Å². The molecule has 1 aliphatic rings. The highest BCUT2D eigenvalue weighted by atomic mass is 16.1. The van der Waals surface area contributed by atoms with Crippen LogP contribution in [0.1, 0.15) is 51.9 Å². The van der Waals surface area contributed by atoms with Crippen LogP contribution in [0, 0.1) is 17.8 Å². The van der Waals surface area contributed by atoms with Crippen LogP contribution in [0.25, 0.3) is 11.0 Å². The minimum absolute atomic E-state index is 0.0832. The van der Waals surface area contributed by atoms with Crippen LogP contribution in [0.4, 0.5) is 0 Å². The predicted molar refractivity (Wildman–Crippen MR) is 101 cm³/mol. The van der Waals surface area contributed by atoms with Crippen molar-refractivity contribution in [3.63, 3.8) is 0 Å². The number of imidazole rings is 1. The number of amides is 1. The van der Waals surface area contributed by atoms with Crippen molar-refractivity contribution in [2.24, 2.45) is 17.8 Å². The van der Waals surface area contributed by atoms with Crippen LogP contribution < -0.4 is 10.6 Å². The van der Waals surface area contributed by atoms with Crippen molar-refractivity contribution in [2.75, 3.05) is 13.1 Å². The van der Waals surface area contributed by atoms with E-state index in [9.17, 15) is 4.79 Å². The summed E-state index contributed by atoms with van der Waals surface area (Å²) in [4.78, 5) is 20.7. The molecule has 2 heterocycles. The number of H-pyrrole nitrogens is 1. The van der Waals surface area contributed by atoms with E-state index in [-0.39, 0.29) is 17.9 Å². The van der Waals surface area contributed by atoms with Crippen LogP contribution in [-0.2, 0) is 4.79 Å². The molecular weight excluding hydrogens is 312 g/mol.